The van der Waals surface area contributed by atoms with Gasteiger partial charge in [-0.2, -0.15) is 0 Å². The zero-order chi connectivity index (χ0) is 14.7. The fourth-order valence-corrected chi connectivity index (χ4v) is 2.02. The molecule has 2 rings (SSSR count). The molecule has 2 aromatic rings. The number of aromatic nitrogens is 1. The number of hydrogen-bond acceptors (Lipinski definition) is 4. The fourth-order valence-electron chi connectivity index (χ4n) is 1.59. The van der Waals surface area contributed by atoms with Crippen molar-refractivity contribution in [2.45, 2.75) is 6.92 Å². The highest BCUT2D eigenvalue weighted by Gasteiger charge is 2.11. The van der Waals surface area contributed by atoms with Crippen LogP contribution in [0.5, 0.6) is 0 Å². The third kappa shape index (κ3) is 3.19. The van der Waals surface area contributed by atoms with E-state index in [-0.39, 0.29) is 5.91 Å². The topological polar surface area (TPSA) is 80.0 Å². The van der Waals surface area contributed by atoms with E-state index in [9.17, 15) is 4.79 Å². The Kier molecular flexibility index (Phi) is 4.44. The number of rotatable bonds is 3. The number of carbonyl (C=O) groups excluding carboxylic acids is 1. The predicted molar refractivity (Wildman–Crippen MR) is 81.2 cm³/mol. The Morgan fingerprint density at radius 1 is 1.25 bits per heavy atom. The molecule has 0 spiro atoms. The summed E-state index contributed by atoms with van der Waals surface area (Å²) in [6, 6.07) is 6.40. The van der Waals surface area contributed by atoms with Crippen LogP contribution in [0.4, 0.5) is 11.5 Å². The second-order valence-corrected chi connectivity index (χ2v) is 4.92. The Morgan fingerprint density at radius 2 is 2.00 bits per heavy atom. The molecule has 0 unspecified atom stereocenters. The molecule has 4 N–H and O–H groups in total. The molecule has 7 heteroatoms. The van der Waals surface area contributed by atoms with Crippen molar-refractivity contribution in [2.24, 2.45) is 5.84 Å². The number of anilines is 2. The van der Waals surface area contributed by atoms with Gasteiger partial charge in [0.15, 0.2) is 0 Å². The van der Waals surface area contributed by atoms with Crippen molar-refractivity contribution in [2.75, 3.05) is 10.7 Å². The number of benzene rings is 1. The van der Waals surface area contributed by atoms with Crippen molar-refractivity contribution in [1.29, 1.82) is 0 Å². The van der Waals surface area contributed by atoms with Crippen LogP contribution in [0.2, 0.25) is 10.0 Å². The van der Waals surface area contributed by atoms with E-state index >= 15 is 0 Å². The standard InChI is InChI=1S/C13H12Cl2N4O/c1-7-4-10(15)11(6-9(7)14)18-13(20)8-2-3-17-12(5-8)19-16/h2-6H,16H2,1H3,(H,17,19)(H,18,20). The minimum Gasteiger partial charge on any atom is -0.321 e. The normalized spacial score (nSPS) is 10.2. The van der Waals surface area contributed by atoms with Gasteiger partial charge in [0, 0.05) is 16.8 Å². The van der Waals surface area contributed by atoms with E-state index in [1.54, 1.807) is 18.2 Å². The van der Waals surface area contributed by atoms with E-state index in [1.807, 2.05) is 6.92 Å². The summed E-state index contributed by atoms with van der Waals surface area (Å²) in [5.74, 6) is 5.32. The molecule has 0 aliphatic heterocycles. The Bertz CT molecular complexity index is 661. The smallest absolute Gasteiger partial charge is 0.255 e. The number of nitrogens with two attached hydrogens (primary N) is 1. The molecule has 0 atom stereocenters. The Hall–Kier alpha value is -1.82. The van der Waals surface area contributed by atoms with Gasteiger partial charge in [-0.3, -0.25) is 4.79 Å². The number of pyridine rings is 1. The van der Waals surface area contributed by atoms with Crippen LogP contribution in [0.15, 0.2) is 30.5 Å². The largest absolute Gasteiger partial charge is 0.321 e. The molecule has 5 nitrogen and oxygen atoms in total. The first kappa shape index (κ1) is 14.6. The third-order valence-corrected chi connectivity index (χ3v) is 3.39. The molecule has 0 bridgehead atoms. The average Bonchev–Trinajstić information content (AvgIpc) is 2.44. The van der Waals surface area contributed by atoms with Crippen molar-refractivity contribution in [3.05, 3.63) is 51.6 Å². The van der Waals surface area contributed by atoms with E-state index in [1.165, 1.54) is 12.3 Å². The van der Waals surface area contributed by atoms with Gasteiger partial charge in [-0.05, 0) is 36.8 Å². The summed E-state index contributed by atoms with van der Waals surface area (Å²) >= 11 is 12.1. The summed E-state index contributed by atoms with van der Waals surface area (Å²) in [6.45, 7) is 1.84. The summed E-state index contributed by atoms with van der Waals surface area (Å²) in [7, 11) is 0. The Morgan fingerprint density at radius 3 is 2.70 bits per heavy atom. The molecule has 0 aliphatic rings. The van der Waals surface area contributed by atoms with Crippen molar-refractivity contribution in [1.82, 2.24) is 4.98 Å². The molecule has 0 saturated heterocycles. The summed E-state index contributed by atoms with van der Waals surface area (Å²) in [5, 5.41) is 3.65. The lowest BCUT2D eigenvalue weighted by Gasteiger charge is -2.10. The molecular formula is C13H12Cl2N4O. The molecule has 0 saturated carbocycles. The molecule has 0 aliphatic carbocycles. The number of amides is 1. The molecule has 1 heterocycles. The fraction of sp³-hybridized carbons (Fsp3) is 0.0769. The highest BCUT2D eigenvalue weighted by molar-refractivity contribution is 6.36. The van der Waals surface area contributed by atoms with Crippen LogP contribution in [0.3, 0.4) is 0 Å². The average molecular weight is 311 g/mol. The quantitative estimate of drug-likeness (QED) is 0.600. The minimum absolute atomic E-state index is 0.328. The van der Waals surface area contributed by atoms with Gasteiger partial charge in [0.2, 0.25) is 0 Å². The minimum atomic E-state index is -0.328. The van der Waals surface area contributed by atoms with Gasteiger partial charge in [-0.25, -0.2) is 10.8 Å². The second-order valence-electron chi connectivity index (χ2n) is 4.11. The van der Waals surface area contributed by atoms with E-state index in [2.05, 4.69) is 15.7 Å². The first-order valence-electron chi connectivity index (χ1n) is 5.71. The molecule has 1 aromatic carbocycles. The Labute approximate surface area is 126 Å². The summed E-state index contributed by atoms with van der Waals surface area (Å²) in [4.78, 5) is 16.0. The van der Waals surface area contributed by atoms with Crippen LogP contribution in [0.1, 0.15) is 15.9 Å². The number of carbonyl (C=O) groups is 1. The highest BCUT2D eigenvalue weighted by atomic mass is 35.5. The molecular weight excluding hydrogens is 299 g/mol. The van der Waals surface area contributed by atoms with Crippen molar-refractivity contribution in [3.8, 4) is 0 Å². The molecule has 0 fully saturated rings. The number of nitrogens with one attached hydrogen (secondary N) is 2. The van der Waals surface area contributed by atoms with Crippen LogP contribution < -0.4 is 16.6 Å². The van der Waals surface area contributed by atoms with E-state index in [0.29, 0.717) is 27.1 Å². The molecule has 0 radical (unpaired) electrons. The van der Waals surface area contributed by atoms with Crippen LogP contribution in [-0.4, -0.2) is 10.9 Å². The maximum Gasteiger partial charge on any atom is 0.255 e. The van der Waals surface area contributed by atoms with Gasteiger partial charge < -0.3 is 10.7 Å². The van der Waals surface area contributed by atoms with Crippen molar-refractivity contribution in [3.63, 3.8) is 0 Å². The van der Waals surface area contributed by atoms with Crippen LogP contribution >= 0.6 is 23.2 Å². The summed E-state index contributed by atoms with van der Waals surface area (Å²) in [6.07, 6.45) is 1.48. The molecule has 104 valence electrons. The lowest BCUT2D eigenvalue weighted by Crippen LogP contribution is -2.14. The zero-order valence-corrected chi connectivity index (χ0v) is 12.1. The number of aryl methyl sites for hydroxylation is 1. The van der Waals surface area contributed by atoms with Gasteiger partial charge in [-0.1, -0.05) is 23.2 Å². The van der Waals surface area contributed by atoms with Gasteiger partial charge in [0.25, 0.3) is 5.91 Å². The number of nitrogen functional groups attached to an aromatic ring is 1. The van der Waals surface area contributed by atoms with Gasteiger partial charge in [0.1, 0.15) is 5.82 Å². The van der Waals surface area contributed by atoms with E-state index < -0.39 is 0 Å². The number of hydrogen-bond donors (Lipinski definition) is 3. The first-order valence-corrected chi connectivity index (χ1v) is 6.46. The number of nitrogens with zero attached hydrogens (tertiary/aromatic N) is 1. The van der Waals surface area contributed by atoms with Gasteiger partial charge in [-0.15, -0.1) is 0 Å². The highest BCUT2D eigenvalue weighted by Crippen LogP contribution is 2.29. The summed E-state index contributed by atoms with van der Waals surface area (Å²) < 4.78 is 0. The van der Waals surface area contributed by atoms with Crippen LogP contribution in [0.25, 0.3) is 0 Å². The van der Waals surface area contributed by atoms with Crippen LogP contribution in [0, 0.1) is 6.92 Å². The number of halogens is 2. The van der Waals surface area contributed by atoms with Crippen molar-refractivity contribution >= 4 is 40.6 Å². The number of hydrazine groups is 1. The lowest BCUT2D eigenvalue weighted by atomic mass is 10.2. The molecule has 1 aromatic heterocycles. The maximum absolute atomic E-state index is 12.1. The van der Waals surface area contributed by atoms with E-state index in [0.717, 1.165) is 5.56 Å². The summed E-state index contributed by atoms with van der Waals surface area (Å²) in [5.41, 5.74) is 4.07. The monoisotopic (exact) mass is 310 g/mol. The lowest BCUT2D eigenvalue weighted by molar-refractivity contribution is 0.102. The predicted octanol–water partition coefficient (Wildman–Crippen LogP) is 3.23. The van der Waals surface area contributed by atoms with Crippen LogP contribution in [-0.2, 0) is 0 Å². The third-order valence-electron chi connectivity index (χ3n) is 2.67. The van der Waals surface area contributed by atoms with Crippen molar-refractivity contribution < 1.29 is 4.79 Å². The molecule has 1 amide bonds. The van der Waals surface area contributed by atoms with Gasteiger partial charge in [0.05, 0.1) is 10.7 Å². The second kappa shape index (κ2) is 6.09. The Balaban J connectivity index is 2.25. The van der Waals surface area contributed by atoms with Gasteiger partial charge >= 0.3 is 0 Å². The van der Waals surface area contributed by atoms with E-state index in [4.69, 9.17) is 29.0 Å². The zero-order valence-electron chi connectivity index (χ0n) is 10.6. The first-order chi connectivity index (χ1) is 9.51. The maximum atomic E-state index is 12.1. The SMILES string of the molecule is Cc1cc(Cl)c(NC(=O)c2ccnc(NN)c2)cc1Cl. The molecule has 20 heavy (non-hydrogen) atoms.